The normalized spacial score (nSPS) is 15.5. The summed E-state index contributed by atoms with van der Waals surface area (Å²) in [4.78, 5) is 12.0. The van der Waals surface area contributed by atoms with Crippen LogP contribution in [0.25, 0.3) is 11.0 Å². The fourth-order valence-corrected chi connectivity index (χ4v) is 2.68. The van der Waals surface area contributed by atoms with E-state index in [1.165, 1.54) is 0 Å². The fraction of sp³-hybridized carbons (Fsp3) is 0.333. The molecule has 1 amide bonds. The summed E-state index contributed by atoms with van der Waals surface area (Å²) in [7, 11) is 0. The third kappa shape index (κ3) is 3.05. The number of nitrogens with one attached hydrogen (secondary N) is 1. The number of amides is 1. The molecule has 0 unspecified atom stereocenters. The molecule has 0 aliphatic heterocycles. The molecule has 0 spiro atoms. The minimum Gasteiger partial charge on any atom is -0.458 e. The standard InChI is InChI=1S/C18H18N2O4/c21-14(17-9-12-3-1-2-4-15(12)23-17)7-8-19-18(22)13-10-16(24-20-13)11-5-6-11/h1-4,9-11,14,21H,5-8H2,(H,19,22)/t14-/m1/s1. The Morgan fingerprint density at radius 3 is 2.96 bits per heavy atom. The van der Waals surface area contributed by atoms with Gasteiger partial charge in [0.25, 0.3) is 5.91 Å². The van der Waals surface area contributed by atoms with E-state index >= 15 is 0 Å². The van der Waals surface area contributed by atoms with Gasteiger partial charge in [-0.3, -0.25) is 4.79 Å². The summed E-state index contributed by atoms with van der Waals surface area (Å²) in [6.07, 6.45) is 1.79. The summed E-state index contributed by atoms with van der Waals surface area (Å²) in [5.41, 5.74) is 1.03. The molecule has 0 radical (unpaired) electrons. The Morgan fingerprint density at radius 2 is 2.17 bits per heavy atom. The van der Waals surface area contributed by atoms with Gasteiger partial charge in [0, 0.05) is 23.9 Å². The molecule has 2 heterocycles. The number of nitrogens with zero attached hydrogens (tertiary/aromatic N) is 1. The van der Waals surface area contributed by atoms with Gasteiger partial charge >= 0.3 is 0 Å². The summed E-state index contributed by atoms with van der Waals surface area (Å²) >= 11 is 0. The second-order valence-corrected chi connectivity index (χ2v) is 6.14. The molecule has 1 fully saturated rings. The van der Waals surface area contributed by atoms with Gasteiger partial charge in [-0.2, -0.15) is 0 Å². The predicted molar refractivity (Wildman–Crippen MR) is 86.6 cm³/mol. The maximum atomic E-state index is 12.0. The van der Waals surface area contributed by atoms with Gasteiger partial charge < -0.3 is 19.4 Å². The number of carbonyl (C=O) groups is 1. The second kappa shape index (κ2) is 6.13. The smallest absolute Gasteiger partial charge is 0.273 e. The number of fused-ring (bicyclic) bond motifs is 1. The van der Waals surface area contributed by atoms with Crippen molar-refractivity contribution in [3.05, 3.63) is 53.6 Å². The second-order valence-electron chi connectivity index (χ2n) is 6.14. The SMILES string of the molecule is O=C(NCC[C@@H](O)c1cc2ccccc2o1)c1cc(C2CC2)on1. The minimum absolute atomic E-state index is 0.287. The zero-order valence-corrected chi connectivity index (χ0v) is 13.1. The van der Waals surface area contributed by atoms with Crippen LogP contribution in [-0.4, -0.2) is 22.7 Å². The summed E-state index contributed by atoms with van der Waals surface area (Å²) in [5.74, 6) is 1.42. The lowest BCUT2D eigenvalue weighted by molar-refractivity contribution is 0.0928. The third-order valence-electron chi connectivity index (χ3n) is 4.22. The van der Waals surface area contributed by atoms with Crippen LogP contribution in [0, 0.1) is 0 Å². The Hall–Kier alpha value is -2.60. The van der Waals surface area contributed by atoms with E-state index in [9.17, 15) is 9.90 Å². The lowest BCUT2D eigenvalue weighted by Crippen LogP contribution is -2.25. The van der Waals surface area contributed by atoms with E-state index in [1.807, 2.05) is 30.3 Å². The van der Waals surface area contributed by atoms with Crippen molar-refractivity contribution in [3.8, 4) is 0 Å². The Balaban J connectivity index is 1.31. The first kappa shape index (κ1) is 15.0. The van der Waals surface area contributed by atoms with Gasteiger partial charge in [0.2, 0.25) is 0 Å². The predicted octanol–water partition coefficient (Wildman–Crippen LogP) is 3.15. The summed E-state index contributed by atoms with van der Waals surface area (Å²) < 4.78 is 10.8. The summed E-state index contributed by atoms with van der Waals surface area (Å²) in [6, 6.07) is 11.1. The monoisotopic (exact) mass is 326 g/mol. The van der Waals surface area contributed by atoms with Crippen molar-refractivity contribution in [3.63, 3.8) is 0 Å². The van der Waals surface area contributed by atoms with Crippen LogP contribution in [0.4, 0.5) is 0 Å². The third-order valence-corrected chi connectivity index (χ3v) is 4.22. The van der Waals surface area contributed by atoms with Crippen LogP contribution >= 0.6 is 0 Å². The molecule has 1 aliphatic carbocycles. The van der Waals surface area contributed by atoms with E-state index in [4.69, 9.17) is 8.94 Å². The zero-order valence-electron chi connectivity index (χ0n) is 13.1. The van der Waals surface area contributed by atoms with Crippen LogP contribution in [0.2, 0.25) is 0 Å². The van der Waals surface area contributed by atoms with Gasteiger partial charge in [-0.15, -0.1) is 0 Å². The molecule has 0 bridgehead atoms. The number of hydrogen-bond acceptors (Lipinski definition) is 5. The maximum absolute atomic E-state index is 12.0. The number of para-hydroxylation sites is 1. The topological polar surface area (TPSA) is 88.5 Å². The largest absolute Gasteiger partial charge is 0.458 e. The quantitative estimate of drug-likeness (QED) is 0.726. The van der Waals surface area contributed by atoms with E-state index in [-0.39, 0.29) is 11.6 Å². The summed E-state index contributed by atoms with van der Waals surface area (Å²) in [6.45, 7) is 0.322. The number of furan rings is 1. The van der Waals surface area contributed by atoms with E-state index in [0.717, 1.165) is 29.6 Å². The van der Waals surface area contributed by atoms with Crippen LogP contribution in [-0.2, 0) is 0 Å². The van der Waals surface area contributed by atoms with Crippen molar-refractivity contribution in [2.75, 3.05) is 6.54 Å². The van der Waals surface area contributed by atoms with Gasteiger partial charge in [0.05, 0.1) is 0 Å². The first-order valence-corrected chi connectivity index (χ1v) is 8.12. The highest BCUT2D eigenvalue weighted by molar-refractivity contribution is 5.92. The van der Waals surface area contributed by atoms with Crippen LogP contribution in [0.15, 0.2) is 45.3 Å². The van der Waals surface area contributed by atoms with Crippen molar-refractivity contribution in [2.45, 2.75) is 31.3 Å². The molecule has 1 atom stereocenters. The van der Waals surface area contributed by atoms with Crippen LogP contribution in [0.1, 0.15) is 53.3 Å². The van der Waals surface area contributed by atoms with Crippen molar-refractivity contribution < 1.29 is 18.8 Å². The minimum atomic E-state index is -0.767. The Kier molecular flexibility index (Phi) is 3.82. The number of rotatable bonds is 6. The first-order valence-electron chi connectivity index (χ1n) is 8.12. The molecule has 0 saturated heterocycles. The van der Waals surface area contributed by atoms with Gasteiger partial charge in [-0.1, -0.05) is 23.4 Å². The lowest BCUT2D eigenvalue weighted by atomic mass is 10.2. The molecular formula is C18H18N2O4. The first-order chi connectivity index (χ1) is 11.7. The van der Waals surface area contributed by atoms with Crippen LogP contribution in [0.3, 0.4) is 0 Å². The zero-order chi connectivity index (χ0) is 16.5. The Labute approximate surface area is 138 Å². The highest BCUT2D eigenvalue weighted by Gasteiger charge is 2.28. The Morgan fingerprint density at radius 1 is 1.33 bits per heavy atom. The molecule has 4 rings (SSSR count). The van der Waals surface area contributed by atoms with Gasteiger partial charge in [0.1, 0.15) is 23.2 Å². The molecule has 6 heteroatoms. The van der Waals surface area contributed by atoms with Gasteiger partial charge in [-0.25, -0.2) is 0 Å². The molecule has 6 nitrogen and oxygen atoms in total. The highest BCUT2D eigenvalue weighted by Crippen LogP contribution is 2.40. The van der Waals surface area contributed by atoms with Crippen LogP contribution < -0.4 is 5.32 Å². The number of hydrogen-bond donors (Lipinski definition) is 2. The number of carbonyl (C=O) groups excluding carboxylic acids is 1. The molecule has 24 heavy (non-hydrogen) atoms. The molecule has 2 aromatic heterocycles. The number of aromatic nitrogens is 1. The number of aliphatic hydroxyl groups excluding tert-OH is 1. The fourth-order valence-electron chi connectivity index (χ4n) is 2.68. The number of aliphatic hydroxyl groups is 1. The molecular weight excluding hydrogens is 308 g/mol. The van der Waals surface area contributed by atoms with E-state index in [0.29, 0.717) is 24.6 Å². The maximum Gasteiger partial charge on any atom is 0.273 e. The molecule has 2 N–H and O–H groups in total. The summed E-state index contributed by atoms with van der Waals surface area (Å²) in [5, 5.41) is 17.7. The van der Waals surface area contributed by atoms with E-state index in [1.54, 1.807) is 6.07 Å². The van der Waals surface area contributed by atoms with E-state index < -0.39 is 6.10 Å². The molecule has 3 aromatic rings. The van der Waals surface area contributed by atoms with Crippen molar-refractivity contribution in [1.82, 2.24) is 10.5 Å². The van der Waals surface area contributed by atoms with Gasteiger partial charge in [-0.05, 0) is 31.4 Å². The lowest BCUT2D eigenvalue weighted by Gasteiger charge is -2.07. The Bertz CT molecular complexity index is 830. The average Bonchev–Trinajstić information content (AvgIpc) is 3.16. The van der Waals surface area contributed by atoms with E-state index in [2.05, 4.69) is 10.5 Å². The van der Waals surface area contributed by atoms with Crippen molar-refractivity contribution in [1.29, 1.82) is 0 Å². The highest BCUT2D eigenvalue weighted by atomic mass is 16.5. The average molecular weight is 326 g/mol. The van der Waals surface area contributed by atoms with Crippen molar-refractivity contribution in [2.24, 2.45) is 0 Å². The molecule has 1 saturated carbocycles. The van der Waals surface area contributed by atoms with Gasteiger partial charge in [0.15, 0.2) is 5.69 Å². The van der Waals surface area contributed by atoms with Crippen LogP contribution in [0.5, 0.6) is 0 Å². The molecule has 124 valence electrons. The molecule has 1 aromatic carbocycles. The molecule has 1 aliphatic rings. The number of benzene rings is 1. The van der Waals surface area contributed by atoms with Crippen molar-refractivity contribution >= 4 is 16.9 Å².